The molecule has 1 aromatic carbocycles. The van der Waals surface area contributed by atoms with Crippen LogP contribution in [0.3, 0.4) is 0 Å². The van der Waals surface area contributed by atoms with Crippen LogP contribution in [0.4, 0.5) is 10.1 Å². The topological polar surface area (TPSA) is 15.3 Å². The lowest BCUT2D eigenvalue weighted by atomic mass is 10.2. The van der Waals surface area contributed by atoms with Crippen molar-refractivity contribution in [3.8, 4) is 0 Å². The molecule has 1 rings (SSSR count). The highest BCUT2D eigenvalue weighted by atomic mass is 32.2. The first-order valence-corrected chi connectivity index (χ1v) is 7.48. The molecule has 0 aliphatic carbocycles. The number of rotatable bonds is 4. The van der Waals surface area contributed by atoms with Gasteiger partial charge in [-0.05, 0) is 36.5 Å². The van der Waals surface area contributed by atoms with Crippen molar-refractivity contribution in [2.75, 3.05) is 18.6 Å². The van der Waals surface area contributed by atoms with Gasteiger partial charge in [-0.25, -0.2) is 4.39 Å². The average molecular weight is 286 g/mol. The van der Waals surface area contributed by atoms with Gasteiger partial charge in [-0.15, -0.1) is 11.8 Å². The van der Waals surface area contributed by atoms with E-state index in [0.29, 0.717) is 16.7 Å². The zero-order chi connectivity index (χ0) is 13.7. The number of benzene rings is 1. The summed E-state index contributed by atoms with van der Waals surface area (Å²) < 4.78 is 13.5. The molecule has 18 heavy (non-hydrogen) atoms. The van der Waals surface area contributed by atoms with Gasteiger partial charge in [0.05, 0.1) is 11.1 Å². The van der Waals surface area contributed by atoms with Crippen LogP contribution in [0.5, 0.6) is 0 Å². The Bertz CT molecular complexity index is 410. The fourth-order valence-electron chi connectivity index (χ4n) is 1.76. The minimum atomic E-state index is -0.293. The summed E-state index contributed by atoms with van der Waals surface area (Å²) in [5.74, 6) is 0.170. The van der Waals surface area contributed by atoms with Crippen molar-refractivity contribution in [1.82, 2.24) is 4.90 Å². The van der Waals surface area contributed by atoms with E-state index in [1.165, 1.54) is 6.07 Å². The molecule has 0 spiro atoms. The number of hydrogen-bond donors (Lipinski definition) is 1. The van der Waals surface area contributed by atoms with Gasteiger partial charge in [0, 0.05) is 7.05 Å². The summed E-state index contributed by atoms with van der Waals surface area (Å²) in [6.45, 7) is 4.28. The average Bonchev–Trinajstić information content (AvgIpc) is 2.32. The van der Waals surface area contributed by atoms with E-state index in [0.717, 1.165) is 0 Å². The van der Waals surface area contributed by atoms with Crippen LogP contribution in [0.2, 0.25) is 0 Å². The highest BCUT2D eigenvalue weighted by Crippen LogP contribution is 2.21. The lowest BCUT2D eigenvalue weighted by molar-refractivity contribution is 0.392. The summed E-state index contributed by atoms with van der Waals surface area (Å²) in [6.07, 6.45) is 2.05. The number of nitrogens with one attached hydrogen (secondary N) is 1. The largest absolute Gasteiger partial charge is 0.340 e. The van der Waals surface area contributed by atoms with Crippen LogP contribution in [-0.2, 0) is 0 Å². The van der Waals surface area contributed by atoms with Gasteiger partial charge in [-0.1, -0.05) is 26.0 Å². The Morgan fingerprint density at radius 1 is 1.39 bits per heavy atom. The van der Waals surface area contributed by atoms with Crippen LogP contribution < -0.4 is 5.32 Å². The molecule has 0 heterocycles. The second kappa shape index (κ2) is 6.95. The van der Waals surface area contributed by atoms with E-state index in [9.17, 15) is 4.39 Å². The highest BCUT2D eigenvalue weighted by Gasteiger charge is 2.20. The molecule has 2 nitrogen and oxygen atoms in total. The summed E-state index contributed by atoms with van der Waals surface area (Å²) >= 11 is 7.05. The molecule has 1 atom stereocenters. The van der Waals surface area contributed by atoms with Crippen molar-refractivity contribution in [3.05, 3.63) is 30.1 Å². The SMILES string of the molecule is CSC(C(C)C)N(C)C(=S)Nc1ccccc1F. The van der Waals surface area contributed by atoms with Gasteiger partial charge in [0.1, 0.15) is 5.82 Å². The predicted molar refractivity (Wildman–Crippen MR) is 82.5 cm³/mol. The van der Waals surface area contributed by atoms with Gasteiger partial charge in [0.2, 0.25) is 0 Å². The number of anilines is 1. The quantitative estimate of drug-likeness (QED) is 0.668. The van der Waals surface area contributed by atoms with E-state index < -0.39 is 0 Å². The molecular formula is C13H19FN2S2. The number of nitrogens with zero attached hydrogens (tertiary/aromatic N) is 1. The number of thioether (sulfide) groups is 1. The zero-order valence-corrected chi connectivity index (χ0v) is 12.7. The fourth-order valence-corrected chi connectivity index (χ4v) is 3.02. The minimum absolute atomic E-state index is 0.275. The molecule has 5 heteroatoms. The summed E-state index contributed by atoms with van der Waals surface area (Å²) in [7, 11) is 1.93. The first kappa shape index (κ1) is 15.2. The Hall–Kier alpha value is -0.810. The minimum Gasteiger partial charge on any atom is -0.340 e. The Kier molecular flexibility index (Phi) is 5.88. The van der Waals surface area contributed by atoms with Crippen LogP contribution in [0.15, 0.2) is 24.3 Å². The van der Waals surface area contributed by atoms with E-state index in [4.69, 9.17) is 12.2 Å². The predicted octanol–water partition coefficient (Wildman–Crippen LogP) is 3.80. The van der Waals surface area contributed by atoms with Gasteiger partial charge >= 0.3 is 0 Å². The van der Waals surface area contributed by atoms with Crippen molar-refractivity contribution >= 4 is 34.8 Å². The van der Waals surface area contributed by atoms with Crippen LogP contribution in [0.25, 0.3) is 0 Å². The lowest BCUT2D eigenvalue weighted by Gasteiger charge is -2.32. The molecule has 0 fully saturated rings. The zero-order valence-electron chi connectivity index (χ0n) is 11.1. The molecule has 0 amide bonds. The highest BCUT2D eigenvalue weighted by molar-refractivity contribution is 7.99. The van der Waals surface area contributed by atoms with Crippen molar-refractivity contribution < 1.29 is 4.39 Å². The molecule has 0 radical (unpaired) electrons. The van der Waals surface area contributed by atoms with E-state index >= 15 is 0 Å². The third kappa shape index (κ3) is 3.85. The monoisotopic (exact) mass is 286 g/mol. The maximum absolute atomic E-state index is 13.5. The van der Waals surface area contributed by atoms with Crippen LogP contribution in [-0.4, -0.2) is 28.7 Å². The van der Waals surface area contributed by atoms with E-state index in [2.05, 4.69) is 19.2 Å². The third-order valence-corrected chi connectivity index (χ3v) is 4.36. The normalized spacial score (nSPS) is 12.3. The summed E-state index contributed by atoms with van der Waals surface area (Å²) in [5.41, 5.74) is 0.415. The first-order chi connectivity index (χ1) is 8.47. The summed E-state index contributed by atoms with van der Waals surface area (Å²) in [5, 5.41) is 3.76. The van der Waals surface area contributed by atoms with Crippen LogP contribution >= 0.6 is 24.0 Å². The maximum Gasteiger partial charge on any atom is 0.174 e. The molecule has 1 aromatic rings. The lowest BCUT2D eigenvalue weighted by Crippen LogP contribution is -2.40. The van der Waals surface area contributed by atoms with E-state index in [1.54, 1.807) is 30.0 Å². The molecule has 1 unspecified atom stereocenters. The standard InChI is InChI=1S/C13H19FN2S2/c1-9(2)12(18-4)16(3)13(17)15-11-8-6-5-7-10(11)14/h5-9,12H,1-4H3,(H,15,17). The molecule has 0 saturated carbocycles. The molecule has 1 N–H and O–H groups in total. The maximum atomic E-state index is 13.5. The molecule has 0 aliphatic heterocycles. The van der Waals surface area contributed by atoms with Gasteiger partial charge in [-0.2, -0.15) is 0 Å². The van der Waals surface area contributed by atoms with Gasteiger partial charge in [0.25, 0.3) is 0 Å². The first-order valence-electron chi connectivity index (χ1n) is 5.78. The van der Waals surface area contributed by atoms with Crippen molar-refractivity contribution in [3.63, 3.8) is 0 Å². The number of thiocarbonyl (C=S) groups is 1. The van der Waals surface area contributed by atoms with Gasteiger partial charge in [0.15, 0.2) is 5.11 Å². The van der Waals surface area contributed by atoms with E-state index in [1.807, 2.05) is 18.2 Å². The molecule has 0 aliphatic rings. The fraction of sp³-hybridized carbons (Fsp3) is 0.462. The smallest absolute Gasteiger partial charge is 0.174 e. The molecular weight excluding hydrogens is 267 g/mol. The van der Waals surface area contributed by atoms with Crippen LogP contribution in [0.1, 0.15) is 13.8 Å². The van der Waals surface area contributed by atoms with E-state index in [-0.39, 0.29) is 11.2 Å². The summed E-state index contributed by atoms with van der Waals surface area (Å²) in [4.78, 5) is 1.97. The Balaban J connectivity index is 2.74. The summed E-state index contributed by atoms with van der Waals surface area (Å²) in [6, 6.07) is 6.53. The Morgan fingerprint density at radius 3 is 2.50 bits per heavy atom. The van der Waals surface area contributed by atoms with Crippen molar-refractivity contribution in [2.45, 2.75) is 19.2 Å². The molecule has 100 valence electrons. The second-order valence-electron chi connectivity index (χ2n) is 4.39. The van der Waals surface area contributed by atoms with Crippen LogP contribution in [0, 0.1) is 11.7 Å². The number of para-hydroxylation sites is 1. The number of hydrogen-bond acceptors (Lipinski definition) is 2. The second-order valence-corrected chi connectivity index (χ2v) is 5.73. The Labute approximate surface area is 118 Å². The Morgan fingerprint density at radius 2 is 2.00 bits per heavy atom. The third-order valence-electron chi connectivity index (χ3n) is 2.63. The molecule has 0 aromatic heterocycles. The van der Waals surface area contributed by atoms with Gasteiger partial charge in [-0.3, -0.25) is 0 Å². The number of halogens is 1. The van der Waals surface area contributed by atoms with Crippen molar-refractivity contribution in [1.29, 1.82) is 0 Å². The molecule has 0 saturated heterocycles. The van der Waals surface area contributed by atoms with Crippen molar-refractivity contribution in [2.24, 2.45) is 5.92 Å². The molecule has 0 bridgehead atoms. The van der Waals surface area contributed by atoms with Gasteiger partial charge < -0.3 is 10.2 Å².